The van der Waals surface area contributed by atoms with Crippen molar-refractivity contribution in [2.45, 2.75) is 25.9 Å². The molecule has 2 N–H and O–H groups in total. The summed E-state index contributed by atoms with van der Waals surface area (Å²) in [7, 11) is 3.20. The number of aromatic amines is 2. The monoisotopic (exact) mass is 460 g/mol. The van der Waals surface area contributed by atoms with Crippen LogP contribution in [0, 0.1) is 0 Å². The zero-order chi connectivity index (χ0) is 24.0. The highest BCUT2D eigenvalue weighted by molar-refractivity contribution is 6.02. The molecule has 4 aromatic rings. The van der Waals surface area contributed by atoms with E-state index in [1.807, 2.05) is 72.3 Å². The number of rotatable bonds is 4. The van der Waals surface area contributed by atoms with Crippen molar-refractivity contribution in [1.29, 1.82) is 0 Å². The number of piperazine rings is 1. The summed E-state index contributed by atoms with van der Waals surface area (Å²) in [6.45, 7) is 4.88. The Labute approximate surface area is 197 Å². The molecule has 0 radical (unpaired) electrons. The lowest BCUT2D eigenvalue weighted by Gasteiger charge is -2.44. The summed E-state index contributed by atoms with van der Waals surface area (Å²) in [6.07, 6.45) is 1.86. The molecule has 0 bridgehead atoms. The lowest BCUT2D eigenvalue weighted by Crippen LogP contribution is -2.59. The summed E-state index contributed by atoms with van der Waals surface area (Å²) in [4.78, 5) is 36.9. The third-order valence-electron chi connectivity index (χ3n) is 6.63. The Morgan fingerprint density at radius 1 is 0.912 bits per heavy atom. The van der Waals surface area contributed by atoms with Crippen LogP contribution >= 0.6 is 0 Å². The van der Waals surface area contributed by atoms with Crippen LogP contribution in [-0.4, -0.2) is 71.0 Å². The van der Waals surface area contributed by atoms with E-state index in [2.05, 4.69) is 9.97 Å². The van der Waals surface area contributed by atoms with Gasteiger partial charge in [0.1, 0.15) is 17.2 Å². The molecule has 0 aliphatic carbocycles. The molecule has 5 rings (SSSR count). The Kier molecular flexibility index (Phi) is 5.43. The molecule has 8 nitrogen and oxygen atoms in total. The molecule has 0 spiro atoms. The van der Waals surface area contributed by atoms with Crippen LogP contribution in [0.5, 0.6) is 11.5 Å². The first-order valence-electron chi connectivity index (χ1n) is 11.3. The number of fused-ring (bicyclic) bond motifs is 2. The van der Waals surface area contributed by atoms with Gasteiger partial charge in [-0.15, -0.1) is 0 Å². The molecule has 2 aromatic carbocycles. The molecular formula is C26H28N4O4. The van der Waals surface area contributed by atoms with E-state index in [0.717, 1.165) is 21.8 Å². The average Bonchev–Trinajstić information content (AvgIpc) is 3.49. The van der Waals surface area contributed by atoms with Gasteiger partial charge in [0.05, 0.1) is 19.7 Å². The van der Waals surface area contributed by atoms with Crippen molar-refractivity contribution in [3.63, 3.8) is 0 Å². The Bertz CT molecular complexity index is 1340. The van der Waals surface area contributed by atoms with Gasteiger partial charge in [-0.25, -0.2) is 0 Å². The normalized spacial score (nSPS) is 18.5. The number of nitrogens with zero attached hydrogens (tertiary/aromatic N) is 2. The van der Waals surface area contributed by atoms with Crippen molar-refractivity contribution in [2.24, 2.45) is 0 Å². The van der Waals surface area contributed by atoms with Gasteiger partial charge in [-0.3, -0.25) is 9.59 Å². The minimum absolute atomic E-state index is 0.0256. The number of benzene rings is 2. The van der Waals surface area contributed by atoms with Crippen LogP contribution in [0.4, 0.5) is 0 Å². The van der Waals surface area contributed by atoms with E-state index in [1.54, 1.807) is 14.2 Å². The van der Waals surface area contributed by atoms with Crippen molar-refractivity contribution in [2.75, 3.05) is 27.3 Å². The van der Waals surface area contributed by atoms with E-state index >= 15 is 0 Å². The van der Waals surface area contributed by atoms with Crippen molar-refractivity contribution in [1.82, 2.24) is 19.8 Å². The molecule has 2 aromatic heterocycles. The quantitative estimate of drug-likeness (QED) is 0.481. The maximum absolute atomic E-state index is 13.6. The van der Waals surface area contributed by atoms with Crippen molar-refractivity contribution < 1.29 is 19.1 Å². The van der Waals surface area contributed by atoms with E-state index in [9.17, 15) is 9.59 Å². The third-order valence-corrected chi connectivity index (χ3v) is 6.63. The number of nitrogens with one attached hydrogen (secondary N) is 2. The summed E-state index contributed by atoms with van der Waals surface area (Å²) in [5.41, 5.74) is 2.77. The average molecular weight is 461 g/mol. The maximum Gasteiger partial charge on any atom is 0.270 e. The zero-order valence-electron chi connectivity index (χ0n) is 19.7. The molecule has 1 saturated heterocycles. The summed E-state index contributed by atoms with van der Waals surface area (Å²) in [6, 6.07) is 12.8. The lowest BCUT2D eigenvalue weighted by molar-refractivity contribution is 0.0251. The summed E-state index contributed by atoms with van der Waals surface area (Å²) in [5, 5.41) is 1.86. The standard InChI is InChI=1S/C26H28N4O4/c1-15-13-29(25(31)18-6-5-17-9-10-27-20(17)11-18)14-16(2)30(15)26(32)21-12-19-22(33-3)7-8-23(34-4)24(19)28-21/h5-12,15-16,27-28H,13-14H2,1-4H3/t15-,16-/m1/s1. The molecule has 1 aliphatic heterocycles. The SMILES string of the molecule is COc1ccc(OC)c2[nH]c(C(=O)N3[C@H](C)CN(C(=O)c4ccc5cc[nH]c5c4)C[C@H]3C)cc12. The van der Waals surface area contributed by atoms with E-state index in [0.29, 0.717) is 35.8 Å². The van der Waals surface area contributed by atoms with E-state index in [1.165, 1.54) is 0 Å². The molecular weight excluding hydrogens is 432 g/mol. The van der Waals surface area contributed by atoms with Crippen LogP contribution in [-0.2, 0) is 0 Å². The first-order chi connectivity index (χ1) is 16.4. The highest BCUT2D eigenvalue weighted by atomic mass is 16.5. The van der Waals surface area contributed by atoms with E-state index in [4.69, 9.17) is 9.47 Å². The van der Waals surface area contributed by atoms with Gasteiger partial charge in [0.2, 0.25) is 0 Å². The summed E-state index contributed by atoms with van der Waals surface area (Å²) < 4.78 is 10.9. The van der Waals surface area contributed by atoms with Gasteiger partial charge < -0.3 is 29.2 Å². The van der Waals surface area contributed by atoms with Crippen LogP contribution in [0.2, 0.25) is 0 Å². The molecule has 3 heterocycles. The lowest BCUT2D eigenvalue weighted by atomic mass is 10.0. The first-order valence-corrected chi connectivity index (χ1v) is 11.3. The highest BCUT2D eigenvalue weighted by Crippen LogP contribution is 2.34. The van der Waals surface area contributed by atoms with Crippen LogP contribution in [0.15, 0.2) is 48.7 Å². The van der Waals surface area contributed by atoms with E-state index < -0.39 is 0 Å². The highest BCUT2D eigenvalue weighted by Gasteiger charge is 2.36. The zero-order valence-corrected chi connectivity index (χ0v) is 19.7. The Hall–Kier alpha value is -3.94. The Morgan fingerprint density at radius 2 is 1.62 bits per heavy atom. The fraction of sp³-hybridized carbons (Fsp3) is 0.308. The molecule has 0 unspecified atom stereocenters. The van der Waals surface area contributed by atoms with Gasteiger partial charge in [-0.05, 0) is 55.6 Å². The molecule has 1 fully saturated rings. The van der Waals surface area contributed by atoms with Crippen LogP contribution in [0.25, 0.3) is 21.8 Å². The Morgan fingerprint density at radius 3 is 2.32 bits per heavy atom. The predicted octanol–water partition coefficient (Wildman–Crippen LogP) is 4.04. The number of ether oxygens (including phenoxy) is 2. The number of hydrogen-bond acceptors (Lipinski definition) is 4. The van der Waals surface area contributed by atoms with Crippen molar-refractivity contribution in [3.05, 3.63) is 59.9 Å². The van der Waals surface area contributed by atoms with Gasteiger partial charge in [0.25, 0.3) is 11.8 Å². The summed E-state index contributed by atoms with van der Waals surface area (Å²) >= 11 is 0. The van der Waals surface area contributed by atoms with Crippen molar-refractivity contribution in [3.8, 4) is 11.5 Å². The first kappa shape index (κ1) is 21.9. The summed E-state index contributed by atoms with van der Waals surface area (Å²) in [5.74, 6) is 1.18. The topological polar surface area (TPSA) is 90.7 Å². The Balaban J connectivity index is 1.38. The fourth-order valence-electron chi connectivity index (χ4n) is 5.02. The molecule has 176 valence electrons. The van der Waals surface area contributed by atoms with Gasteiger partial charge in [0, 0.05) is 47.8 Å². The number of carbonyl (C=O) groups is 2. The number of H-pyrrole nitrogens is 2. The maximum atomic E-state index is 13.6. The number of amides is 2. The largest absolute Gasteiger partial charge is 0.496 e. The molecule has 34 heavy (non-hydrogen) atoms. The molecule has 2 atom stereocenters. The molecule has 1 aliphatic rings. The minimum atomic E-state index is -0.148. The van der Waals surface area contributed by atoms with Crippen LogP contribution in [0.3, 0.4) is 0 Å². The van der Waals surface area contributed by atoms with Crippen LogP contribution < -0.4 is 9.47 Å². The van der Waals surface area contributed by atoms with E-state index in [-0.39, 0.29) is 23.9 Å². The second-order valence-electron chi connectivity index (χ2n) is 8.84. The fourth-order valence-corrected chi connectivity index (χ4v) is 5.02. The minimum Gasteiger partial charge on any atom is -0.496 e. The van der Waals surface area contributed by atoms with Crippen molar-refractivity contribution >= 4 is 33.6 Å². The van der Waals surface area contributed by atoms with Gasteiger partial charge in [0.15, 0.2) is 0 Å². The predicted molar refractivity (Wildman–Crippen MR) is 131 cm³/mol. The van der Waals surface area contributed by atoms with Crippen LogP contribution in [0.1, 0.15) is 34.7 Å². The number of aromatic nitrogens is 2. The second-order valence-corrected chi connectivity index (χ2v) is 8.84. The van der Waals surface area contributed by atoms with Gasteiger partial charge >= 0.3 is 0 Å². The third kappa shape index (κ3) is 3.55. The number of carbonyl (C=O) groups excluding carboxylic acids is 2. The number of hydrogen-bond donors (Lipinski definition) is 2. The smallest absolute Gasteiger partial charge is 0.270 e. The van der Waals surface area contributed by atoms with Gasteiger partial charge in [-0.1, -0.05) is 6.07 Å². The molecule has 2 amide bonds. The molecule has 0 saturated carbocycles. The van der Waals surface area contributed by atoms with Gasteiger partial charge in [-0.2, -0.15) is 0 Å². The molecule has 8 heteroatoms. The second kappa shape index (κ2) is 8.44. The number of methoxy groups -OCH3 is 2.